The van der Waals surface area contributed by atoms with Crippen LogP contribution in [-0.2, 0) is 4.79 Å². The highest BCUT2D eigenvalue weighted by molar-refractivity contribution is 7.80. The summed E-state index contributed by atoms with van der Waals surface area (Å²) in [5.41, 5.74) is 6.01. The van der Waals surface area contributed by atoms with Crippen molar-refractivity contribution in [2.24, 2.45) is 5.73 Å². The van der Waals surface area contributed by atoms with Crippen molar-refractivity contribution < 1.29 is 9.53 Å². The van der Waals surface area contributed by atoms with Gasteiger partial charge in [-0.3, -0.25) is 4.79 Å². The fourth-order valence-electron chi connectivity index (χ4n) is 1.13. The highest BCUT2D eigenvalue weighted by atomic mass is 35.5. The number of carbonyl (C=O) groups excluding carboxylic acids is 1. The predicted molar refractivity (Wildman–Crippen MR) is 71.5 cm³/mol. The van der Waals surface area contributed by atoms with Crippen molar-refractivity contribution >= 4 is 34.7 Å². The molecule has 0 bridgehead atoms. The van der Waals surface area contributed by atoms with Gasteiger partial charge in [0.15, 0.2) is 6.61 Å². The summed E-state index contributed by atoms with van der Waals surface area (Å²) >= 11 is 10.8. The van der Waals surface area contributed by atoms with Gasteiger partial charge in [0.25, 0.3) is 5.91 Å². The Balaban J connectivity index is 2.88. The normalized spacial score (nSPS) is 9.82. The third-order valence-corrected chi connectivity index (χ3v) is 2.59. The quantitative estimate of drug-likeness (QED) is 0.843. The van der Waals surface area contributed by atoms with Gasteiger partial charge in [-0.15, -0.1) is 0 Å². The Morgan fingerprint density at radius 3 is 2.71 bits per heavy atom. The average molecular weight is 273 g/mol. The Morgan fingerprint density at radius 2 is 2.18 bits per heavy atom. The van der Waals surface area contributed by atoms with Crippen molar-refractivity contribution in [2.75, 3.05) is 20.7 Å². The lowest BCUT2D eigenvalue weighted by atomic mass is 10.2. The highest BCUT2D eigenvalue weighted by Crippen LogP contribution is 2.26. The molecule has 0 heterocycles. The van der Waals surface area contributed by atoms with E-state index in [1.807, 2.05) is 0 Å². The molecule has 0 saturated carbocycles. The number of nitrogens with zero attached hydrogens (tertiary/aromatic N) is 1. The zero-order valence-corrected chi connectivity index (χ0v) is 11.1. The molecule has 1 aromatic rings. The van der Waals surface area contributed by atoms with Gasteiger partial charge < -0.3 is 15.4 Å². The van der Waals surface area contributed by atoms with Crippen molar-refractivity contribution in [3.05, 3.63) is 28.8 Å². The minimum atomic E-state index is -0.154. The molecule has 6 heteroatoms. The van der Waals surface area contributed by atoms with Gasteiger partial charge in [0, 0.05) is 14.1 Å². The summed E-state index contributed by atoms with van der Waals surface area (Å²) in [6, 6.07) is 5.04. The molecule has 0 aliphatic heterocycles. The van der Waals surface area contributed by atoms with Gasteiger partial charge in [-0.05, 0) is 12.1 Å². The lowest BCUT2D eigenvalue weighted by molar-refractivity contribution is -0.130. The summed E-state index contributed by atoms with van der Waals surface area (Å²) in [6.07, 6.45) is 0. The number of likely N-dealkylation sites (N-methyl/N-ethyl adjacent to an activating group) is 1. The Kier molecular flexibility index (Phi) is 4.72. The minimum Gasteiger partial charge on any atom is -0.483 e. The molecule has 0 aromatic heterocycles. The van der Waals surface area contributed by atoms with E-state index in [1.54, 1.807) is 32.3 Å². The SMILES string of the molecule is CN(C)C(=O)COc1cccc(Cl)c1C(N)=S. The molecule has 1 amide bonds. The number of hydrogen-bond donors (Lipinski definition) is 1. The molecule has 17 heavy (non-hydrogen) atoms. The molecule has 0 radical (unpaired) electrons. The number of hydrogen-bond acceptors (Lipinski definition) is 3. The second-order valence-corrected chi connectivity index (χ2v) is 4.40. The van der Waals surface area contributed by atoms with Crippen LogP contribution >= 0.6 is 23.8 Å². The van der Waals surface area contributed by atoms with E-state index in [1.165, 1.54) is 4.90 Å². The summed E-state index contributed by atoms with van der Waals surface area (Å²) in [5.74, 6) is 0.263. The van der Waals surface area contributed by atoms with Crippen LogP contribution in [0.4, 0.5) is 0 Å². The molecular formula is C11H13ClN2O2S. The number of halogens is 1. The van der Waals surface area contributed by atoms with Gasteiger partial charge in [-0.2, -0.15) is 0 Å². The van der Waals surface area contributed by atoms with Gasteiger partial charge in [-0.25, -0.2) is 0 Å². The molecular weight excluding hydrogens is 260 g/mol. The monoisotopic (exact) mass is 272 g/mol. The topological polar surface area (TPSA) is 55.6 Å². The number of ether oxygens (including phenoxy) is 1. The van der Waals surface area contributed by atoms with E-state index in [9.17, 15) is 4.79 Å². The van der Waals surface area contributed by atoms with Gasteiger partial charge in [0.2, 0.25) is 0 Å². The van der Waals surface area contributed by atoms with E-state index < -0.39 is 0 Å². The summed E-state index contributed by atoms with van der Waals surface area (Å²) in [7, 11) is 3.30. The second kappa shape index (κ2) is 5.84. The third-order valence-electron chi connectivity index (χ3n) is 2.07. The maximum Gasteiger partial charge on any atom is 0.259 e. The van der Waals surface area contributed by atoms with Gasteiger partial charge in [-0.1, -0.05) is 29.9 Å². The van der Waals surface area contributed by atoms with Crippen molar-refractivity contribution in [2.45, 2.75) is 0 Å². The highest BCUT2D eigenvalue weighted by Gasteiger charge is 2.12. The molecule has 0 unspecified atom stereocenters. The zero-order chi connectivity index (χ0) is 13.0. The van der Waals surface area contributed by atoms with Crippen LogP contribution in [0.2, 0.25) is 5.02 Å². The first-order valence-corrected chi connectivity index (χ1v) is 5.63. The number of rotatable bonds is 4. The van der Waals surface area contributed by atoms with E-state index in [0.717, 1.165) is 0 Å². The van der Waals surface area contributed by atoms with Crippen LogP contribution in [0.25, 0.3) is 0 Å². The maximum absolute atomic E-state index is 11.4. The van der Waals surface area contributed by atoms with Crippen molar-refractivity contribution in [1.29, 1.82) is 0 Å². The van der Waals surface area contributed by atoms with Crippen molar-refractivity contribution in [3.63, 3.8) is 0 Å². The van der Waals surface area contributed by atoms with Crippen LogP contribution in [0, 0.1) is 0 Å². The van der Waals surface area contributed by atoms with Crippen LogP contribution in [0.15, 0.2) is 18.2 Å². The number of amides is 1. The number of carbonyl (C=O) groups is 1. The van der Waals surface area contributed by atoms with Gasteiger partial charge in [0.05, 0.1) is 10.6 Å². The standard InChI is InChI=1S/C11H13ClN2O2S/c1-14(2)9(15)6-16-8-5-3-4-7(12)10(8)11(13)17/h3-5H,6H2,1-2H3,(H2,13,17). The second-order valence-electron chi connectivity index (χ2n) is 3.55. The molecule has 0 spiro atoms. The Morgan fingerprint density at radius 1 is 1.53 bits per heavy atom. The van der Waals surface area contributed by atoms with Crippen molar-refractivity contribution in [1.82, 2.24) is 4.90 Å². The lowest BCUT2D eigenvalue weighted by Gasteiger charge is -2.14. The van der Waals surface area contributed by atoms with E-state index in [-0.39, 0.29) is 17.5 Å². The summed E-state index contributed by atoms with van der Waals surface area (Å²) in [6.45, 7) is -0.0804. The molecule has 0 atom stereocenters. The lowest BCUT2D eigenvalue weighted by Crippen LogP contribution is -2.28. The molecule has 0 aliphatic carbocycles. The molecule has 0 fully saturated rings. The van der Waals surface area contributed by atoms with E-state index in [4.69, 9.17) is 34.3 Å². The smallest absolute Gasteiger partial charge is 0.259 e. The number of nitrogens with two attached hydrogens (primary N) is 1. The fourth-order valence-corrected chi connectivity index (χ4v) is 1.67. The first-order chi connectivity index (χ1) is 7.93. The Bertz CT molecular complexity index is 449. The maximum atomic E-state index is 11.4. The molecule has 0 aliphatic rings. The molecule has 1 rings (SSSR count). The first kappa shape index (κ1) is 13.7. The largest absolute Gasteiger partial charge is 0.483 e. The molecule has 0 saturated heterocycles. The van der Waals surface area contributed by atoms with Crippen LogP contribution < -0.4 is 10.5 Å². The summed E-state index contributed by atoms with van der Waals surface area (Å²) in [4.78, 5) is 13.0. The van der Waals surface area contributed by atoms with E-state index >= 15 is 0 Å². The van der Waals surface area contributed by atoms with Crippen LogP contribution in [0.5, 0.6) is 5.75 Å². The molecule has 2 N–H and O–H groups in total. The average Bonchev–Trinajstić information content (AvgIpc) is 2.24. The summed E-state index contributed by atoms with van der Waals surface area (Å²) in [5, 5.41) is 0.410. The fraction of sp³-hybridized carbons (Fsp3) is 0.273. The number of thiocarbonyl (C=S) groups is 1. The molecule has 1 aromatic carbocycles. The van der Waals surface area contributed by atoms with E-state index in [2.05, 4.69) is 0 Å². The van der Waals surface area contributed by atoms with E-state index in [0.29, 0.717) is 16.3 Å². The van der Waals surface area contributed by atoms with Crippen LogP contribution in [-0.4, -0.2) is 36.5 Å². The first-order valence-electron chi connectivity index (χ1n) is 4.84. The zero-order valence-electron chi connectivity index (χ0n) is 9.57. The van der Waals surface area contributed by atoms with Gasteiger partial charge >= 0.3 is 0 Å². The van der Waals surface area contributed by atoms with Crippen LogP contribution in [0.1, 0.15) is 5.56 Å². The Labute approximate surface area is 110 Å². The Hall–Kier alpha value is -1.33. The number of benzene rings is 1. The minimum absolute atomic E-state index is 0.0804. The summed E-state index contributed by atoms with van der Waals surface area (Å²) < 4.78 is 5.36. The molecule has 4 nitrogen and oxygen atoms in total. The molecule has 92 valence electrons. The van der Waals surface area contributed by atoms with Crippen LogP contribution in [0.3, 0.4) is 0 Å². The predicted octanol–water partition coefficient (Wildman–Crippen LogP) is 1.44. The van der Waals surface area contributed by atoms with Gasteiger partial charge in [0.1, 0.15) is 10.7 Å². The van der Waals surface area contributed by atoms with Crippen molar-refractivity contribution in [3.8, 4) is 5.75 Å². The third kappa shape index (κ3) is 3.57.